The molecule has 0 unspecified atom stereocenters. The van der Waals surface area contributed by atoms with E-state index in [1.165, 1.54) is 0 Å². The first kappa shape index (κ1) is 9.96. The molecule has 0 N–H and O–H groups in total. The van der Waals surface area contributed by atoms with Crippen LogP contribution in [0.25, 0.3) is 0 Å². The summed E-state index contributed by atoms with van der Waals surface area (Å²) in [7, 11) is 0. The van der Waals surface area contributed by atoms with Crippen molar-refractivity contribution in [1.82, 2.24) is 0 Å². The lowest BCUT2D eigenvalue weighted by atomic mass is 10.3. The average molecular weight is 148 g/mol. The number of hydrogen-bond donors (Lipinski definition) is 0. The van der Waals surface area contributed by atoms with Crippen molar-refractivity contribution >= 4 is 0 Å². The molecule has 0 nitrogen and oxygen atoms in total. The minimum Gasteiger partial charge on any atom is -0.0877 e. The van der Waals surface area contributed by atoms with Crippen LogP contribution in [-0.4, -0.2) is 0 Å². The monoisotopic (exact) mass is 148 g/mol. The van der Waals surface area contributed by atoms with E-state index in [9.17, 15) is 0 Å². The summed E-state index contributed by atoms with van der Waals surface area (Å²) in [4.78, 5) is 0. The van der Waals surface area contributed by atoms with Gasteiger partial charge in [0.15, 0.2) is 0 Å². The highest BCUT2D eigenvalue weighted by molar-refractivity contribution is 5.14. The second kappa shape index (κ2) is 8.96. The number of allylic oxidation sites excluding steroid dienone is 8. The van der Waals surface area contributed by atoms with Gasteiger partial charge in [-0.2, -0.15) is 0 Å². The molecule has 11 heavy (non-hydrogen) atoms. The van der Waals surface area contributed by atoms with E-state index in [1.807, 2.05) is 43.4 Å². The van der Waals surface area contributed by atoms with Crippen molar-refractivity contribution < 1.29 is 0 Å². The Bertz CT molecular complexity index is 168. The standard InChI is InChI=1S/C11H16/c1-3-5-7-9-11-10-8-6-4-2/h3,5-11H,4H2,1-2H3/b5-3+,8-6-,9-7+,11-10+. The van der Waals surface area contributed by atoms with E-state index in [1.54, 1.807) is 0 Å². The summed E-state index contributed by atoms with van der Waals surface area (Å²) < 4.78 is 0. The van der Waals surface area contributed by atoms with Crippen LogP contribution in [0.3, 0.4) is 0 Å². The van der Waals surface area contributed by atoms with E-state index in [2.05, 4.69) is 19.1 Å². The fourth-order valence-electron chi connectivity index (χ4n) is 0.582. The summed E-state index contributed by atoms with van der Waals surface area (Å²) in [5, 5.41) is 0. The van der Waals surface area contributed by atoms with E-state index in [4.69, 9.17) is 0 Å². The van der Waals surface area contributed by atoms with Crippen molar-refractivity contribution in [3.8, 4) is 0 Å². The van der Waals surface area contributed by atoms with Gasteiger partial charge in [0.1, 0.15) is 0 Å². The van der Waals surface area contributed by atoms with Gasteiger partial charge >= 0.3 is 0 Å². The maximum Gasteiger partial charge on any atom is -0.0376 e. The molecule has 0 aliphatic rings. The molecule has 0 aromatic rings. The highest BCUT2D eigenvalue weighted by atomic mass is 13.7. The molecule has 0 radical (unpaired) electrons. The number of rotatable bonds is 4. The molecular formula is C11H16. The van der Waals surface area contributed by atoms with Crippen LogP contribution in [-0.2, 0) is 0 Å². The van der Waals surface area contributed by atoms with Crippen LogP contribution in [0.5, 0.6) is 0 Å². The van der Waals surface area contributed by atoms with Gasteiger partial charge in [-0.05, 0) is 13.3 Å². The third kappa shape index (κ3) is 8.96. The zero-order chi connectivity index (χ0) is 8.36. The molecule has 0 heteroatoms. The third-order valence-electron chi connectivity index (χ3n) is 1.12. The highest BCUT2D eigenvalue weighted by Crippen LogP contribution is 1.83. The van der Waals surface area contributed by atoms with E-state index in [0.717, 1.165) is 6.42 Å². The minimum absolute atomic E-state index is 1.10. The Morgan fingerprint density at radius 2 is 1.36 bits per heavy atom. The molecule has 0 rings (SSSR count). The highest BCUT2D eigenvalue weighted by Gasteiger charge is 1.62. The van der Waals surface area contributed by atoms with Crippen LogP contribution in [0.15, 0.2) is 48.6 Å². The Balaban J connectivity index is 3.51. The molecule has 0 aromatic carbocycles. The van der Waals surface area contributed by atoms with Gasteiger partial charge in [0.2, 0.25) is 0 Å². The molecule has 0 aliphatic carbocycles. The summed E-state index contributed by atoms with van der Waals surface area (Å²) in [5.41, 5.74) is 0. The first-order chi connectivity index (χ1) is 5.41. The van der Waals surface area contributed by atoms with Gasteiger partial charge in [-0.15, -0.1) is 0 Å². The van der Waals surface area contributed by atoms with E-state index >= 15 is 0 Å². The summed E-state index contributed by atoms with van der Waals surface area (Å²) in [6.07, 6.45) is 17.4. The Kier molecular flexibility index (Phi) is 8.11. The number of hydrogen-bond acceptors (Lipinski definition) is 0. The van der Waals surface area contributed by atoms with Crippen LogP contribution in [0.1, 0.15) is 20.3 Å². The van der Waals surface area contributed by atoms with Crippen molar-refractivity contribution in [3.05, 3.63) is 48.6 Å². The van der Waals surface area contributed by atoms with E-state index in [0.29, 0.717) is 0 Å². The molecule has 0 heterocycles. The zero-order valence-corrected chi connectivity index (χ0v) is 7.33. The third-order valence-corrected chi connectivity index (χ3v) is 1.12. The molecule has 0 fully saturated rings. The smallest absolute Gasteiger partial charge is 0.0376 e. The van der Waals surface area contributed by atoms with Crippen LogP contribution < -0.4 is 0 Å². The summed E-state index contributed by atoms with van der Waals surface area (Å²) >= 11 is 0. The van der Waals surface area contributed by atoms with Gasteiger partial charge in [-0.25, -0.2) is 0 Å². The zero-order valence-electron chi connectivity index (χ0n) is 7.33. The topological polar surface area (TPSA) is 0 Å². The van der Waals surface area contributed by atoms with Gasteiger partial charge in [0.25, 0.3) is 0 Å². The lowest BCUT2D eigenvalue weighted by Crippen LogP contribution is -1.52. The fourth-order valence-corrected chi connectivity index (χ4v) is 0.582. The van der Waals surface area contributed by atoms with Crippen molar-refractivity contribution in [2.24, 2.45) is 0 Å². The normalized spacial score (nSPS) is 13.3. The molecular weight excluding hydrogens is 132 g/mol. The Hall–Kier alpha value is -1.04. The predicted molar refractivity (Wildman–Crippen MR) is 52.5 cm³/mol. The Morgan fingerprint density at radius 1 is 0.818 bits per heavy atom. The molecule has 0 aromatic heterocycles. The van der Waals surface area contributed by atoms with Crippen LogP contribution in [0.4, 0.5) is 0 Å². The van der Waals surface area contributed by atoms with Crippen molar-refractivity contribution in [2.45, 2.75) is 20.3 Å². The molecule has 0 aliphatic heterocycles. The van der Waals surface area contributed by atoms with Crippen LogP contribution >= 0.6 is 0 Å². The fraction of sp³-hybridized carbons (Fsp3) is 0.273. The van der Waals surface area contributed by atoms with Gasteiger partial charge in [0, 0.05) is 0 Å². The molecule has 0 amide bonds. The molecule has 0 spiro atoms. The maximum atomic E-state index is 2.12. The van der Waals surface area contributed by atoms with Crippen molar-refractivity contribution in [3.63, 3.8) is 0 Å². The molecule has 0 saturated heterocycles. The average Bonchev–Trinajstić information content (AvgIpc) is 2.03. The van der Waals surface area contributed by atoms with E-state index in [-0.39, 0.29) is 0 Å². The first-order valence-electron chi connectivity index (χ1n) is 4.03. The molecule has 0 atom stereocenters. The van der Waals surface area contributed by atoms with Gasteiger partial charge < -0.3 is 0 Å². The Morgan fingerprint density at radius 3 is 1.91 bits per heavy atom. The predicted octanol–water partition coefficient (Wildman–Crippen LogP) is 3.64. The SMILES string of the molecule is C/C=C/C=C/C=C/C=C\CC. The van der Waals surface area contributed by atoms with Gasteiger partial charge in [-0.1, -0.05) is 55.5 Å². The summed E-state index contributed by atoms with van der Waals surface area (Å²) in [6.45, 7) is 4.13. The Labute approximate surface area is 69.6 Å². The first-order valence-corrected chi connectivity index (χ1v) is 4.03. The summed E-state index contributed by atoms with van der Waals surface area (Å²) in [6, 6.07) is 0. The second-order valence-corrected chi connectivity index (χ2v) is 2.13. The largest absolute Gasteiger partial charge is 0.0877 e. The van der Waals surface area contributed by atoms with Crippen molar-refractivity contribution in [2.75, 3.05) is 0 Å². The molecule has 0 bridgehead atoms. The van der Waals surface area contributed by atoms with Crippen LogP contribution in [0, 0.1) is 0 Å². The van der Waals surface area contributed by atoms with Gasteiger partial charge in [0.05, 0.1) is 0 Å². The molecule has 0 saturated carbocycles. The minimum atomic E-state index is 1.10. The lowest BCUT2D eigenvalue weighted by Gasteiger charge is -1.74. The quantitative estimate of drug-likeness (QED) is 0.534. The van der Waals surface area contributed by atoms with E-state index < -0.39 is 0 Å². The van der Waals surface area contributed by atoms with Crippen molar-refractivity contribution in [1.29, 1.82) is 0 Å². The molecule has 60 valence electrons. The summed E-state index contributed by atoms with van der Waals surface area (Å²) in [5.74, 6) is 0. The van der Waals surface area contributed by atoms with Crippen LogP contribution in [0.2, 0.25) is 0 Å². The maximum absolute atomic E-state index is 2.12. The van der Waals surface area contributed by atoms with Gasteiger partial charge in [-0.3, -0.25) is 0 Å². The lowest BCUT2D eigenvalue weighted by molar-refractivity contribution is 1.22. The second-order valence-electron chi connectivity index (χ2n) is 2.13.